The van der Waals surface area contributed by atoms with Crippen LogP contribution in [0, 0.1) is 6.92 Å². The Bertz CT molecular complexity index is 533. The van der Waals surface area contributed by atoms with E-state index in [1.165, 1.54) is 4.90 Å². The van der Waals surface area contributed by atoms with Gasteiger partial charge in [-0.2, -0.15) is 0 Å². The van der Waals surface area contributed by atoms with Gasteiger partial charge in [0.15, 0.2) is 0 Å². The lowest BCUT2D eigenvalue weighted by atomic mass is 9.97. The van der Waals surface area contributed by atoms with Gasteiger partial charge in [-0.3, -0.25) is 9.59 Å². The third-order valence-corrected chi connectivity index (χ3v) is 4.16. The normalized spacial score (nSPS) is 16.3. The number of amides is 2. The number of aryl methyl sites for hydroxylation is 1. The molecular formula is C17H24N2O3. The number of hydrogen-bond acceptors (Lipinski definition) is 3. The molecule has 0 heterocycles. The Labute approximate surface area is 131 Å². The maximum absolute atomic E-state index is 12.1. The highest BCUT2D eigenvalue weighted by Gasteiger charge is 2.34. The highest BCUT2D eigenvalue weighted by Crippen LogP contribution is 2.32. The second-order valence-electron chi connectivity index (χ2n) is 6.27. The molecule has 5 heteroatoms. The Morgan fingerprint density at radius 3 is 2.41 bits per heavy atom. The number of nitrogens with zero attached hydrogens (tertiary/aromatic N) is 1. The second-order valence-corrected chi connectivity index (χ2v) is 6.27. The topological polar surface area (TPSA) is 69.6 Å². The summed E-state index contributed by atoms with van der Waals surface area (Å²) in [5.41, 5.74) is 0.958. The lowest BCUT2D eigenvalue weighted by molar-refractivity contribution is -0.137. The molecule has 5 nitrogen and oxygen atoms in total. The molecule has 22 heavy (non-hydrogen) atoms. The van der Waals surface area contributed by atoms with Crippen LogP contribution in [-0.2, 0) is 9.59 Å². The molecule has 0 saturated heterocycles. The number of rotatable bonds is 5. The molecule has 0 bridgehead atoms. The summed E-state index contributed by atoms with van der Waals surface area (Å²) in [5.74, 6) is -0.429. The van der Waals surface area contributed by atoms with Crippen LogP contribution < -0.4 is 5.32 Å². The first kappa shape index (κ1) is 16.5. The van der Waals surface area contributed by atoms with Crippen LogP contribution in [0.4, 0.5) is 5.69 Å². The van der Waals surface area contributed by atoms with Crippen molar-refractivity contribution < 1.29 is 14.7 Å². The number of aliphatic hydroxyl groups is 1. The van der Waals surface area contributed by atoms with Crippen LogP contribution in [-0.4, -0.2) is 41.0 Å². The van der Waals surface area contributed by atoms with E-state index >= 15 is 0 Å². The van der Waals surface area contributed by atoms with Gasteiger partial charge in [-0.15, -0.1) is 0 Å². The predicted octanol–water partition coefficient (Wildman–Crippen LogP) is 2.09. The molecule has 120 valence electrons. The molecule has 0 radical (unpaired) electrons. The van der Waals surface area contributed by atoms with Crippen LogP contribution in [0.15, 0.2) is 24.3 Å². The van der Waals surface area contributed by atoms with E-state index in [0.29, 0.717) is 18.5 Å². The lowest BCUT2D eigenvalue weighted by Crippen LogP contribution is -2.39. The summed E-state index contributed by atoms with van der Waals surface area (Å²) < 4.78 is 0. The third-order valence-electron chi connectivity index (χ3n) is 4.16. The molecule has 1 aliphatic carbocycles. The van der Waals surface area contributed by atoms with Crippen LogP contribution in [0.1, 0.15) is 37.7 Å². The van der Waals surface area contributed by atoms with Gasteiger partial charge in [-0.05, 0) is 31.9 Å². The highest BCUT2D eigenvalue weighted by atomic mass is 16.3. The minimum Gasteiger partial charge on any atom is -0.389 e. The zero-order valence-corrected chi connectivity index (χ0v) is 13.3. The number of carbonyl (C=O) groups excluding carboxylic acids is 2. The smallest absolute Gasteiger partial charge is 0.243 e. The number of benzene rings is 1. The lowest BCUT2D eigenvalue weighted by Gasteiger charge is -2.25. The Morgan fingerprint density at radius 2 is 1.82 bits per heavy atom. The van der Waals surface area contributed by atoms with Gasteiger partial charge in [0, 0.05) is 12.7 Å². The first-order chi connectivity index (χ1) is 10.4. The zero-order valence-electron chi connectivity index (χ0n) is 13.3. The van der Waals surface area contributed by atoms with Crippen molar-refractivity contribution in [1.82, 2.24) is 4.90 Å². The zero-order chi connectivity index (χ0) is 16.2. The van der Waals surface area contributed by atoms with Crippen molar-refractivity contribution in [3.05, 3.63) is 29.8 Å². The van der Waals surface area contributed by atoms with Crippen molar-refractivity contribution >= 4 is 17.5 Å². The van der Waals surface area contributed by atoms with Crippen molar-refractivity contribution in [1.29, 1.82) is 0 Å². The first-order valence-corrected chi connectivity index (χ1v) is 7.71. The Morgan fingerprint density at radius 1 is 1.23 bits per heavy atom. The van der Waals surface area contributed by atoms with Gasteiger partial charge in [0.2, 0.25) is 11.8 Å². The summed E-state index contributed by atoms with van der Waals surface area (Å²) in [6.45, 7) is 1.97. The van der Waals surface area contributed by atoms with Crippen molar-refractivity contribution in [2.45, 2.75) is 44.6 Å². The molecule has 0 aliphatic heterocycles. The van der Waals surface area contributed by atoms with Crippen LogP contribution in [0.25, 0.3) is 0 Å². The highest BCUT2D eigenvalue weighted by molar-refractivity contribution is 5.94. The van der Waals surface area contributed by atoms with Gasteiger partial charge in [0.1, 0.15) is 0 Å². The number of hydrogen-bond donors (Lipinski definition) is 2. The average molecular weight is 304 g/mol. The monoisotopic (exact) mass is 304 g/mol. The van der Waals surface area contributed by atoms with E-state index in [1.807, 2.05) is 31.2 Å². The fourth-order valence-corrected chi connectivity index (χ4v) is 2.77. The molecule has 1 saturated carbocycles. The molecular weight excluding hydrogens is 280 g/mol. The van der Waals surface area contributed by atoms with Crippen molar-refractivity contribution in [2.75, 3.05) is 18.9 Å². The maximum Gasteiger partial charge on any atom is 0.243 e. The molecule has 1 aliphatic rings. The molecule has 0 unspecified atom stereocenters. The Hall–Kier alpha value is -1.88. The molecule has 2 amide bonds. The fraction of sp³-hybridized carbons (Fsp3) is 0.529. The van der Waals surface area contributed by atoms with Gasteiger partial charge < -0.3 is 15.3 Å². The number of anilines is 1. The third kappa shape index (κ3) is 4.56. The largest absolute Gasteiger partial charge is 0.389 e. The number of likely N-dealkylation sites (N-methyl/N-ethyl adjacent to an activating group) is 1. The van der Waals surface area contributed by atoms with Gasteiger partial charge in [0.05, 0.1) is 18.6 Å². The van der Waals surface area contributed by atoms with Gasteiger partial charge in [-0.1, -0.05) is 30.5 Å². The van der Waals surface area contributed by atoms with E-state index in [-0.39, 0.29) is 24.8 Å². The summed E-state index contributed by atoms with van der Waals surface area (Å²) in [4.78, 5) is 25.5. The summed E-state index contributed by atoms with van der Waals surface area (Å²) in [5, 5.41) is 13.0. The van der Waals surface area contributed by atoms with E-state index in [9.17, 15) is 14.7 Å². The minimum atomic E-state index is -0.876. The standard InChI is InChI=1S/C17H24N2O3/c1-13-5-7-14(8-6-13)18-15(20)12-19(2)16(21)11-17(22)9-3-4-10-17/h5-8,22H,3-4,9-12H2,1-2H3,(H,18,20). The minimum absolute atomic E-state index is 0.0111. The molecule has 1 fully saturated rings. The van der Waals surface area contributed by atoms with Crippen LogP contribution >= 0.6 is 0 Å². The molecule has 2 N–H and O–H groups in total. The van der Waals surface area contributed by atoms with Crippen LogP contribution in [0.3, 0.4) is 0 Å². The fourth-order valence-electron chi connectivity index (χ4n) is 2.77. The van der Waals surface area contributed by atoms with E-state index in [0.717, 1.165) is 18.4 Å². The van der Waals surface area contributed by atoms with E-state index < -0.39 is 5.60 Å². The summed E-state index contributed by atoms with van der Waals surface area (Å²) in [6.07, 6.45) is 3.36. The molecule has 1 aromatic rings. The Kier molecular flexibility index (Phi) is 5.19. The number of nitrogens with one attached hydrogen (secondary N) is 1. The van der Waals surface area contributed by atoms with Crippen LogP contribution in [0.5, 0.6) is 0 Å². The summed E-state index contributed by atoms with van der Waals surface area (Å²) in [6, 6.07) is 7.49. The van der Waals surface area contributed by atoms with E-state index in [4.69, 9.17) is 0 Å². The first-order valence-electron chi connectivity index (χ1n) is 7.71. The maximum atomic E-state index is 12.1. The van der Waals surface area contributed by atoms with Gasteiger partial charge in [-0.25, -0.2) is 0 Å². The average Bonchev–Trinajstić information content (AvgIpc) is 2.87. The molecule has 2 rings (SSSR count). The van der Waals surface area contributed by atoms with Crippen LogP contribution in [0.2, 0.25) is 0 Å². The number of carbonyl (C=O) groups is 2. The molecule has 0 atom stereocenters. The Balaban J connectivity index is 1.82. The van der Waals surface area contributed by atoms with Crippen molar-refractivity contribution in [3.63, 3.8) is 0 Å². The molecule has 0 aromatic heterocycles. The van der Waals surface area contributed by atoms with Gasteiger partial charge >= 0.3 is 0 Å². The quantitative estimate of drug-likeness (QED) is 0.875. The van der Waals surface area contributed by atoms with Crippen molar-refractivity contribution in [2.24, 2.45) is 0 Å². The summed E-state index contributed by atoms with van der Waals surface area (Å²) >= 11 is 0. The summed E-state index contributed by atoms with van der Waals surface area (Å²) in [7, 11) is 1.59. The van der Waals surface area contributed by atoms with Crippen molar-refractivity contribution in [3.8, 4) is 0 Å². The second kappa shape index (κ2) is 6.92. The van der Waals surface area contributed by atoms with E-state index in [2.05, 4.69) is 5.32 Å². The van der Waals surface area contributed by atoms with E-state index in [1.54, 1.807) is 7.05 Å². The SMILES string of the molecule is Cc1ccc(NC(=O)CN(C)C(=O)CC2(O)CCCC2)cc1. The molecule has 1 aromatic carbocycles. The molecule has 0 spiro atoms. The predicted molar refractivity (Wildman–Crippen MR) is 85.5 cm³/mol. The van der Waals surface area contributed by atoms with Gasteiger partial charge in [0.25, 0.3) is 0 Å².